The SMILES string of the molecule is OC[C@@]12O[C@H]([C@H](OCc3ccccc3)[C@@H]1OCc1ccccc1)n1cnc3c1=NCN(O2)C=3NCc1ccccc1. The zero-order valence-corrected chi connectivity index (χ0v) is 22.4. The molecule has 10 nitrogen and oxygen atoms in total. The van der Waals surface area contributed by atoms with Gasteiger partial charge in [-0.2, -0.15) is 0 Å². The normalized spacial score (nSPS) is 24.5. The fraction of sp³-hybridized carbons (Fsp3) is 0.290. The van der Waals surface area contributed by atoms with Crippen molar-refractivity contribution in [2.75, 3.05) is 13.3 Å². The van der Waals surface area contributed by atoms with E-state index in [1.54, 1.807) is 11.4 Å². The second kappa shape index (κ2) is 11.1. The van der Waals surface area contributed by atoms with Gasteiger partial charge in [-0.15, -0.1) is 0 Å². The topological polar surface area (TPSA) is 103 Å². The van der Waals surface area contributed by atoms with E-state index >= 15 is 0 Å². The highest BCUT2D eigenvalue weighted by molar-refractivity contribution is 5.38. The maximum absolute atomic E-state index is 10.9. The van der Waals surface area contributed by atoms with Crippen molar-refractivity contribution in [1.29, 1.82) is 0 Å². The van der Waals surface area contributed by atoms with Gasteiger partial charge in [-0.3, -0.25) is 4.57 Å². The van der Waals surface area contributed by atoms with E-state index < -0.39 is 30.8 Å². The summed E-state index contributed by atoms with van der Waals surface area (Å²) >= 11 is 0. The van der Waals surface area contributed by atoms with Crippen LogP contribution in [0.1, 0.15) is 22.9 Å². The van der Waals surface area contributed by atoms with Crippen molar-refractivity contribution in [3.8, 4) is 0 Å². The number of aliphatic hydroxyl groups excluding tert-OH is 1. The number of nitrogens with one attached hydrogen (secondary N) is 1. The van der Waals surface area contributed by atoms with Crippen LogP contribution < -0.4 is 16.2 Å². The van der Waals surface area contributed by atoms with Crippen LogP contribution in [0.25, 0.3) is 5.82 Å². The van der Waals surface area contributed by atoms with Crippen LogP contribution in [0.5, 0.6) is 0 Å². The summed E-state index contributed by atoms with van der Waals surface area (Å²) in [4.78, 5) is 16.0. The Balaban J connectivity index is 1.27. The maximum Gasteiger partial charge on any atom is 0.248 e. The van der Waals surface area contributed by atoms with Gasteiger partial charge >= 0.3 is 0 Å². The molecule has 210 valence electrons. The average Bonchev–Trinajstić information content (AvgIpc) is 3.61. The van der Waals surface area contributed by atoms with Gasteiger partial charge in [-0.25, -0.2) is 19.9 Å². The minimum absolute atomic E-state index is 0.189. The highest BCUT2D eigenvalue weighted by atomic mass is 16.8. The van der Waals surface area contributed by atoms with Gasteiger partial charge in [-0.1, -0.05) is 91.0 Å². The number of ether oxygens (including phenoxy) is 3. The Hall–Kier alpha value is -4.06. The lowest BCUT2D eigenvalue weighted by atomic mass is 10.1. The number of aliphatic hydroxyl groups is 1. The van der Waals surface area contributed by atoms with Gasteiger partial charge in [0, 0.05) is 6.54 Å². The van der Waals surface area contributed by atoms with E-state index in [4.69, 9.17) is 29.0 Å². The largest absolute Gasteiger partial charge is 0.391 e. The van der Waals surface area contributed by atoms with E-state index in [0.717, 1.165) is 16.7 Å². The third-order valence-electron chi connectivity index (χ3n) is 7.54. The van der Waals surface area contributed by atoms with Gasteiger partial charge in [0.15, 0.2) is 17.5 Å². The average molecular weight is 554 g/mol. The molecule has 4 bridgehead atoms. The summed E-state index contributed by atoms with van der Waals surface area (Å²) in [6, 6.07) is 29.9. The molecule has 0 unspecified atom stereocenters. The third-order valence-corrected chi connectivity index (χ3v) is 7.54. The Kier molecular flexibility index (Phi) is 6.99. The summed E-state index contributed by atoms with van der Waals surface area (Å²) < 4.78 is 21.5. The van der Waals surface area contributed by atoms with Gasteiger partial charge in [0.05, 0.1) is 19.5 Å². The van der Waals surface area contributed by atoms with E-state index in [2.05, 4.69) is 5.32 Å². The van der Waals surface area contributed by atoms with Crippen LogP contribution in [-0.4, -0.2) is 51.0 Å². The van der Waals surface area contributed by atoms with Crippen molar-refractivity contribution < 1.29 is 24.2 Å². The second-order valence-electron chi connectivity index (χ2n) is 10.2. The van der Waals surface area contributed by atoms with Gasteiger partial charge in [0.2, 0.25) is 5.79 Å². The molecule has 2 N–H and O–H groups in total. The predicted molar refractivity (Wildman–Crippen MR) is 147 cm³/mol. The number of rotatable bonds is 10. The van der Waals surface area contributed by atoms with E-state index in [0.29, 0.717) is 29.8 Å². The van der Waals surface area contributed by atoms with Gasteiger partial charge in [-0.05, 0) is 16.7 Å². The minimum Gasteiger partial charge on any atom is -0.391 e. The van der Waals surface area contributed by atoms with Crippen LogP contribution in [0.3, 0.4) is 0 Å². The van der Waals surface area contributed by atoms with Crippen LogP contribution in [0.15, 0.2) is 102 Å². The van der Waals surface area contributed by atoms with Crippen molar-refractivity contribution in [1.82, 2.24) is 19.9 Å². The Morgan fingerprint density at radius 2 is 1.51 bits per heavy atom. The number of aromatic nitrogens is 2. The lowest BCUT2D eigenvalue weighted by Crippen LogP contribution is -2.57. The van der Waals surface area contributed by atoms with Crippen molar-refractivity contribution >= 4 is 5.82 Å². The first-order chi connectivity index (χ1) is 20.2. The summed E-state index contributed by atoms with van der Waals surface area (Å²) in [5.74, 6) is -0.922. The summed E-state index contributed by atoms with van der Waals surface area (Å²) in [7, 11) is 0. The van der Waals surface area contributed by atoms with E-state index in [-0.39, 0.29) is 13.3 Å². The summed E-state index contributed by atoms with van der Waals surface area (Å²) in [5.41, 5.74) is 3.74. The number of hydrogen-bond donors (Lipinski definition) is 2. The van der Waals surface area contributed by atoms with E-state index in [1.165, 1.54) is 0 Å². The lowest BCUT2D eigenvalue weighted by molar-refractivity contribution is -0.360. The van der Waals surface area contributed by atoms with Crippen LogP contribution in [0, 0.1) is 0 Å². The summed E-state index contributed by atoms with van der Waals surface area (Å²) in [5, 5.41) is 16.6. The molecule has 3 aliphatic heterocycles. The van der Waals surface area contributed by atoms with Gasteiger partial charge in [0.25, 0.3) is 0 Å². The number of nitrogens with zero attached hydrogens (tertiary/aromatic N) is 4. The van der Waals surface area contributed by atoms with E-state index in [9.17, 15) is 5.11 Å². The molecule has 3 aromatic carbocycles. The molecule has 4 heterocycles. The first-order valence-electron chi connectivity index (χ1n) is 13.7. The molecular weight excluding hydrogens is 522 g/mol. The molecule has 41 heavy (non-hydrogen) atoms. The molecule has 4 atom stereocenters. The van der Waals surface area contributed by atoms with Crippen molar-refractivity contribution in [2.45, 2.75) is 44.0 Å². The molecule has 1 saturated heterocycles. The zero-order chi connectivity index (χ0) is 27.6. The smallest absolute Gasteiger partial charge is 0.248 e. The van der Waals surface area contributed by atoms with Crippen LogP contribution in [0.4, 0.5) is 0 Å². The number of fused-ring (bicyclic) bond motifs is 5. The first kappa shape index (κ1) is 25.9. The van der Waals surface area contributed by atoms with Crippen molar-refractivity contribution in [2.24, 2.45) is 4.99 Å². The number of hydrogen-bond acceptors (Lipinski definition) is 9. The molecular formula is C31H31N5O5. The van der Waals surface area contributed by atoms with E-state index in [1.807, 2.05) is 95.6 Å². The van der Waals surface area contributed by atoms with Gasteiger partial charge in [0.1, 0.15) is 30.8 Å². The fourth-order valence-corrected chi connectivity index (χ4v) is 5.50. The minimum atomic E-state index is -1.57. The highest BCUT2D eigenvalue weighted by Crippen LogP contribution is 2.43. The zero-order valence-electron chi connectivity index (χ0n) is 22.4. The molecule has 4 aromatic rings. The van der Waals surface area contributed by atoms with Crippen molar-refractivity contribution in [3.63, 3.8) is 0 Å². The Labute approximate surface area is 237 Å². The molecule has 0 aliphatic carbocycles. The quantitative estimate of drug-likeness (QED) is 0.307. The molecule has 0 radical (unpaired) electrons. The summed E-state index contributed by atoms with van der Waals surface area (Å²) in [6.45, 7) is 0.884. The van der Waals surface area contributed by atoms with Crippen LogP contribution in [0.2, 0.25) is 0 Å². The maximum atomic E-state index is 10.9. The first-order valence-corrected chi connectivity index (χ1v) is 13.7. The highest BCUT2D eigenvalue weighted by Gasteiger charge is 2.61. The van der Waals surface area contributed by atoms with Gasteiger partial charge < -0.3 is 24.6 Å². The number of benzene rings is 3. The molecule has 0 amide bonds. The standard InChI is InChI=1S/C31H31N5O5/c37-19-31-27(39-18-24-14-8-3-9-15-24)26(38-17-23-12-6-2-7-13-23)30(40-31)35-20-33-25-28(35)34-21-36(41-31)29(25)32-16-22-10-4-1-5-11-22/h1-15,20,26-27,30,32,37H,16-19,21H2/t26-,27+,30-,31+/m1/s1. The number of hydroxylamine groups is 2. The molecule has 10 heteroatoms. The van der Waals surface area contributed by atoms with Crippen molar-refractivity contribution in [3.05, 3.63) is 125 Å². The molecule has 1 fully saturated rings. The van der Waals surface area contributed by atoms with Crippen LogP contribution >= 0.6 is 0 Å². The molecule has 7 rings (SSSR count). The monoisotopic (exact) mass is 553 g/mol. The molecule has 1 aromatic heterocycles. The molecule has 0 saturated carbocycles. The Morgan fingerprint density at radius 1 is 0.878 bits per heavy atom. The Morgan fingerprint density at radius 3 is 2.17 bits per heavy atom. The Bertz CT molecular complexity index is 1600. The third kappa shape index (κ3) is 4.90. The second-order valence-corrected chi connectivity index (χ2v) is 10.2. The predicted octanol–water partition coefficient (Wildman–Crippen LogP) is 1.96. The molecule has 3 aliphatic rings. The van der Waals surface area contributed by atoms with Crippen LogP contribution in [-0.2, 0) is 38.8 Å². The lowest BCUT2D eigenvalue weighted by Gasteiger charge is -2.38. The number of imidazole rings is 1. The summed E-state index contributed by atoms with van der Waals surface area (Å²) in [6.07, 6.45) is -0.423. The molecule has 0 spiro atoms. The fourth-order valence-electron chi connectivity index (χ4n) is 5.50.